The van der Waals surface area contributed by atoms with E-state index >= 15 is 0 Å². The van der Waals surface area contributed by atoms with Crippen LogP contribution >= 0.6 is 23.1 Å². The zero-order chi connectivity index (χ0) is 31.3. The molecule has 1 aromatic heterocycles. The van der Waals surface area contributed by atoms with Crippen molar-refractivity contribution < 1.29 is 27.7 Å². The highest BCUT2D eigenvalue weighted by atomic mass is 32.2. The summed E-state index contributed by atoms with van der Waals surface area (Å²) in [6.45, 7) is -0.401. The van der Waals surface area contributed by atoms with Gasteiger partial charge in [-0.15, -0.1) is 0 Å². The minimum atomic E-state index is -3.92. The molecular weight excluding hydrogens is 631 g/mol. The van der Waals surface area contributed by atoms with Gasteiger partial charge in [-0.1, -0.05) is 53.4 Å². The lowest BCUT2D eigenvalue weighted by Gasteiger charge is -2.30. The SMILES string of the molecule is NS(=O)(=O)c1ccc(NC(=O)Cn2c3c(sc2=O)[C@@H](c2ccccc2)[C@H]2C(=O)N(c4ccc([N+](=O)[O-])cc4)C(=O)[C@H]2S3)cc1. The number of nitrogens with one attached hydrogen (secondary N) is 1. The molecule has 16 heteroatoms. The lowest BCUT2D eigenvalue weighted by Crippen LogP contribution is -2.33. The summed E-state index contributed by atoms with van der Waals surface area (Å²) in [5.41, 5.74) is 1.00. The molecular formula is C28H21N5O8S3. The minimum Gasteiger partial charge on any atom is -0.325 e. The van der Waals surface area contributed by atoms with Crippen LogP contribution in [0.5, 0.6) is 0 Å². The van der Waals surface area contributed by atoms with Gasteiger partial charge < -0.3 is 5.32 Å². The number of aromatic nitrogens is 1. The van der Waals surface area contributed by atoms with E-state index in [1.165, 1.54) is 53.1 Å². The van der Waals surface area contributed by atoms with E-state index in [9.17, 15) is 37.7 Å². The van der Waals surface area contributed by atoms with Crippen molar-refractivity contribution in [1.82, 2.24) is 4.57 Å². The molecule has 44 heavy (non-hydrogen) atoms. The number of non-ortho nitro benzene ring substituents is 1. The van der Waals surface area contributed by atoms with Gasteiger partial charge in [0, 0.05) is 28.6 Å². The molecule has 3 N–H and O–H groups in total. The molecule has 0 unspecified atom stereocenters. The smallest absolute Gasteiger partial charge is 0.308 e. The molecule has 0 radical (unpaired) electrons. The van der Waals surface area contributed by atoms with Crippen LogP contribution in [0.1, 0.15) is 16.4 Å². The van der Waals surface area contributed by atoms with Crippen LogP contribution < -0.4 is 20.2 Å². The third-order valence-electron chi connectivity index (χ3n) is 7.30. The average molecular weight is 652 g/mol. The molecule has 6 rings (SSSR count). The molecule has 1 saturated heterocycles. The highest BCUT2D eigenvalue weighted by molar-refractivity contribution is 8.00. The van der Waals surface area contributed by atoms with Gasteiger partial charge in [-0.2, -0.15) is 0 Å². The zero-order valence-corrected chi connectivity index (χ0v) is 24.8. The molecule has 2 aliphatic rings. The Morgan fingerprint density at radius 2 is 1.61 bits per heavy atom. The number of fused-ring (bicyclic) bond motifs is 2. The minimum absolute atomic E-state index is 0.130. The van der Waals surface area contributed by atoms with Gasteiger partial charge in [-0.3, -0.25) is 33.9 Å². The van der Waals surface area contributed by atoms with E-state index in [1.54, 1.807) is 30.3 Å². The van der Waals surface area contributed by atoms with Crippen LogP contribution in [-0.4, -0.2) is 40.9 Å². The van der Waals surface area contributed by atoms with E-state index in [-0.39, 0.29) is 22.0 Å². The standard InChI is InChI=1S/C28H21N5O8S3/c29-44(40,41)19-12-6-16(7-13-19)30-20(34)14-31-27-24(43-28(31)37)21(15-4-2-1-3-5-15)22-23(42-27)26(36)32(25(22)35)17-8-10-18(11-9-17)33(38)39/h1-13,21-23H,14H2,(H,30,34)(H2,29,40,41)/t21-,22+,23-/m0/s1. The summed E-state index contributed by atoms with van der Waals surface area (Å²) in [7, 11) is -3.92. The second-order valence-corrected chi connectivity index (χ2v) is 13.7. The van der Waals surface area contributed by atoms with Gasteiger partial charge in [0.05, 0.1) is 26.5 Å². The maximum absolute atomic E-state index is 13.9. The Labute approximate surface area is 257 Å². The van der Waals surface area contributed by atoms with Crippen LogP contribution in [-0.2, 0) is 31.0 Å². The number of nitrogens with two attached hydrogens (primary N) is 1. The Bertz CT molecular complexity index is 1990. The van der Waals surface area contributed by atoms with Crippen LogP contribution in [0.15, 0.2) is 93.6 Å². The molecule has 3 atom stereocenters. The Kier molecular flexibility index (Phi) is 7.44. The van der Waals surface area contributed by atoms with Crippen molar-refractivity contribution in [2.24, 2.45) is 11.1 Å². The lowest BCUT2D eigenvalue weighted by molar-refractivity contribution is -0.384. The summed E-state index contributed by atoms with van der Waals surface area (Å²) in [5.74, 6) is -3.12. The predicted molar refractivity (Wildman–Crippen MR) is 162 cm³/mol. The molecule has 0 saturated carbocycles. The van der Waals surface area contributed by atoms with Crippen LogP contribution in [0.2, 0.25) is 0 Å². The summed E-state index contributed by atoms with van der Waals surface area (Å²) in [6.07, 6.45) is 0. The Morgan fingerprint density at radius 3 is 2.23 bits per heavy atom. The van der Waals surface area contributed by atoms with E-state index in [0.29, 0.717) is 15.5 Å². The summed E-state index contributed by atoms with van der Waals surface area (Å²) in [5, 5.41) is 18.3. The number of nitro groups is 1. The molecule has 1 fully saturated rings. The molecule has 3 aromatic carbocycles. The molecule has 0 aliphatic carbocycles. The van der Waals surface area contributed by atoms with Gasteiger partial charge in [0.2, 0.25) is 27.7 Å². The number of nitro benzene ring substituents is 1. The average Bonchev–Trinajstić information content (AvgIpc) is 3.43. The summed E-state index contributed by atoms with van der Waals surface area (Å²) in [4.78, 5) is 65.5. The number of amides is 3. The first-order valence-electron chi connectivity index (χ1n) is 12.9. The van der Waals surface area contributed by atoms with Crippen LogP contribution in [0.4, 0.5) is 17.1 Å². The Hall–Kier alpha value is -4.64. The number of rotatable bonds is 7. The molecule has 0 spiro atoms. The van der Waals surface area contributed by atoms with Crippen LogP contribution in [0.25, 0.3) is 0 Å². The number of thioether (sulfide) groups is 1. The van der Waals surface area contributed by atoms with E-state index in [0.717, 1.165) is 28.0 Å². The number of carbonyl (C=O) groups is 3. The van der Waals surface area contributed by atoms with Crippen molar-refractivity contribution in [1.29, 1.82) is 0 Å². The number of carbonyl (C=O) groups excluding carboxylic acids is 3. The third kappa shape index (κ3) is 5.21. The number of thiazole rings is 1. The Morgan fingerprint density at radius 1 is 0.955 bits per heavy atom. The van der Waals surface area contributed by atoms with Gasteiger partial charge in [0.15, 0.2) is 0 Å². The second kappa shape index (κ2) is 11.1. The number of hydrogen-bond donors (Lipinski definition) is 2. The van der Waals surface area contributed by atoms with E-state index in [4.69, 9.17) is 5.14 Å². The first kappa shape index (κ1) is 29.4. The summed E-state index contributed by atoms with van der Waals surface area (Å²) >= 11 is 1.93. The Balaban J connectivity index is 1.34. The monoisotopic (exact) mass is 651 g/mol. The first-order valence-corrected chi connectivity index (χ1v) is 16.2. The fourth-order valence-corrected chi connectivity index (χ4v) is 8.61. The highest BCUT2D eigenvalue weighted by Crippen LogP contribution is 2.53. The van der Waals surface area contributed by atoms with E-state index in [1.807, 2.05) is 0 Å². The van der Waals surface area contributed by atoms with Crippen molar-refractivity contribution >= 4 is 67.9 Å². The summed E-state index contributed by atoms with van der Waals surface area (Å²) in [6, 6.07) is 19.3. The third-order valence-corrected chi connectivity index (χ3v) is 10.8. The molecule has 13 nitrogen and oxygen atoms in total. The number of sulfonamides is 1. The lowest BCUT2D eigenvalue weighted by atomic mass is 9.83. The van der Waals surface area contributed by atoms with Crippen molar-refractivity contribution in [3.8, 4) is 0 Å². The number of benzene rings is 3. The van der Waals surface area contributed by atoms with Crippen LogP contribution in [0, 0.1) is 16.0 Å². The van der Waals surface area contributed by atoms with Gasteiger partial charge in [0.25, 0.3) is 5.69 Å². The topological polar surface area (TPSA) is 192 Å². The van der Waals surface area contributed by atoms with Gasteiger partial charge in [0.1, 0.15) is 11.8 Å². The quantitative estimate of drug-likeness (QED) is 0.172. The molecule has 3 amide bonds. The number of imide groups is 1. The fourth-order valence-electron chi connectivity index (χ4n) is 5.32. The van der Waals surface area contributed by atoms with Crippen molar-refractivity contribution in [2.45, 2.75) is 27.6 Å². The molecule has 3 heterocycles. The highest BCUT2D eigenvalue weighted by Gasteiger charge is 2.56. The van der Waals surface area contributed by atoms with E-state index in [2.05, 4.69) is 5.32 Å². The normalized spacial score (nSPS) is 19.4. The zero-order valence-electron chi connectivity index (χ0n) is 22.4. The molecule has 224 valence electrons. The van der Waals surface area contributed by atoms with Gasteiger partial charge in [-0.05, 0) is 42.0 Å². The first-order chi connectivity index (χ1) is 20.9. The van der Waals surface area contributed by atoms with E-state index < -0.39 is 61.2 Å². The molecule has 2 aliphatic heterocycles. The van der Waals surface area contributed by atoms with Gasteiger partial charge in [-0.25, -0.2) is 18.5 Å². The fraction of sp³-hybridized carbons (Fsp3) is 0.143. The number of primary sulfonamides is 1. The van der Waals surface area contributed by atoms with Crippen molar-refractivity contribution in [3.05, 3.63) is 109 Å². The second-order valence-electron chi connectivity index (χ2n) is 9.98. The molecule has 0 bridgehead atoms. The molecule has 4 aromatic rings. The number of hydrogen-bond acceptors (Lipinski definition) is 10. The maximum Gasteiger partial charge on any atom is 0.308 e. The van der Waals surface area contributed by atoms with Gasteiger partial charge >= 0.3 is 4.87 Å². The predicted octanol–water partition coefficient (Wildman–Crippen LogP) is 2.90. The largest absolute Gasteiger partial charge is 0.325 e. The number of anilines is 2. The maximum atomic E-state index is 13.9. The summed E-state index contributed by atoms with van der Waals surface area (Å²) < 4.78 is 24.3. The van der Waals surface area contributed by atoms with Crippen molar-refractivity contribution in [2.75, 3.05) is 10.2 Å². The van der Waals surface area contributed by atoms with Crippen LogP contribution in [0.3, 0.4) is 0 Å². The number of nitrogens with zero attached hydrogens (tertiary/aromatic N) is 3. The van der Waals surface area contributed by atoms with Crippen molar-refractivity contribution in [3.63, 3.8) is 0 Å².